The van der Waals surface area contributed by atoms with Crippen LogP contribution in [-0.4, -0.2) is 28.9 Å². The van der Waals surface area contributed by atoms with Crippen LogP contribution in [0.1, 0.15) is 15.2 Å². The molecule has 4 rings (SSSR count). The third kappa shape index (κ3) is 5.49. The normalized spacial score (nSPS) is 10.4. The summed E-state index contributed by atoms with van der Waals surface area (Å²) in [7, 11) is 1.58. The number of benzene rings is 2. The molecule has 2 aromatic carbocycles. The maximum atomic E-state index is 13.1. The van der Waals surface area contributed by atoms with Gasteiger partial charge in [0.2, 0.25) is 5.78 Å². The van der Waals surface area contributed by atoms with E-state index in [1.807, 2.05) is 0 Å². The Morgan fingerprint density at radius 1 is 0.909 bits per heavy atom. The van der Waals surface area contributed by atoms with Gasteiger partial charge in [-0.05, 0) is 60.7 Å². The third-order valence-electron chi connectivity index (χ3n) is 4.45. The predicted molar refractivity (Wildman–Crippen MR) is 125 cm³/mol. The van der Waals surface area contributed by atoms with Gasteiger partial charge in [-0.2, -0.15) is 0 Å². The minimum Gasteiger partial charge on any atom is -0.497 e. The molecule has 0 atom stereocenters. The van der Waals surface area contributed by atoms with E-state index in [4.69, 9.17) is 4.74 Å². The zero-order valence-corrected chi connectivity index (χ0v) is 18.2. The van der Waals surface area contributed by atoms with E-state index in [9.17, 15) is 14.0 Å². The quantitative estimate of drug-likeness (QED) is 0.321. The van der Waals surface area contributed by atoms with Crippen LogP contribution in [0.3, 0.4) is 0 Å². The largest absolute Gasteiger partial charge is 0.497 e. The second-order valence-electron chi connectivity index (χ2n) is 6.70. The van der Waals surface area contributed by atoms with Crippen molar-refractivity contribution in [1.29, 1.82) is 0 Å². The molecular formula is C23H18FN5O3S. The van der Waals surface area contributed by atoms with Crippen molar-refractivity contribution >= 4 is 45.5 Å². The summed E-state index contributed by atoms with van der Waals surface area (Å²) in [5.74, 6) is 0.0696. The molecule has 0 saturated carbocycles. The van der Waals surface area contributed by atoms with Gasteiger partial charge in [0.25, 0.3) is 0 Å². The van der Waals surface area contributed by atoms with Crippen LogP contribution >= 0.6 is 11.3 Å². The SMILES string of the molecule is COc1ccc(Nc2nc(NC(=O)Nc3ccc(F)cc3)c(C(=O)c3ccncc3)s2)cc1. The molecule has 33 heavy (non-hydrogen) atoms. The highest BCUT2D eigenvalue weighted by Gasteiger charge is 2.21. The molecule has 8 nitrogen and oxygen atoms in total. The van der Waals surface area contributed by atoms with Gasteiger partial charge in [0.1, 0.15) is 16.4 Å². The number of hydrogen-bond donors (Lipinski definition) is 3. The second kappa shape index (κ2) is 9.88. The van der Waals surface area contributed by atoms with Crippen molar-refractivity contribution in [3.63, 3.8) is 0 Å². The van der Waals surface area contributed by atoms with Crippen LogP contribution in [0.4, 0.5) is 31.5 Å². The molecule has 4 aromatic rings. The minimum absolute atomic E-state index is 0.0948. The Bertz CT molecular complexity index is 1260. The summed E-state index contributed by atoms with van der Waals surface area (Å²) >= 11 is 1.10. The lowest BCUT2D eigenvalue weighted by Crippen LogP contribution is -2.21. The molecule has 0 aliphatic heterocycles. The topological polar surface area (TPSA) is 105 Å². The number of carbonyl (C=O) groups excluding carboxylic acids is 2. The number of hydrogen-bond acceptors (Lipinski definition) is 7. The van der Waals surface area contributed by atoms with Gasteiger partial charge in [-0.15, -0.1) is 0 Å². The van der Waals surface area contributed by atoms with Gasteiger partial charge < -0.3 is 15.4 Å². The molecule has 2 amide bonds. The summed E-state index contributed by atoms with van der Waals surface area (Å²) < 4.78 is 18.3. The lowest BCUT2D eigenvalue weighted by Gasteiger charge is -2.07. The molecule has 0 aliphatic rings. The van der Waals surface area contributed by atoms with E-state index in [1.54, 1.807) is 43.5 Å². The fourth-order valence-corrected chi connectivity index (χ4v) is 3.75. The molecule has 10 heteroatoms. The lowest BCUT2D eigenvalue weighted by molar-refractivity contribution is 0.104. The Kier molecular flexibility index (Phi) is 6.56. The number of ketones is 1. The first-order valence-corrected chi connectivity index (χ1v) is 10.5. The lowest BCUT2D eigenvalue weighted by atomic mass is 10.1. The summed E-state index contributed by atoms with van der Waals surface area (Å²) in [5.41, 5.74) is 1.53. The minimum atomic E-state index is -0.619. The number of ether oxygens (including phenoxy) is 1. The predicted octanol–water partition coefficient (Wildman–Crippen LogP) is 5.30. The maximum Gasteiger partial charge on any atom is 0.324 e. The first-order valence-electron chi connectivity index (χ1n) is 9.72. The van der Waals surface area contributed by atoms with Crippen LogP contribution in [0, 0.1) is 5.82 Å². The van der Waals surface area contributed by atoms with E-state index in [0.717, 1.165) is 17.0 Å². The van der Waals surface area contributed by atoms with Gasteiger partial charge >= 0.3 is 6.03 Å². The van der Waals surface area contributed by atoms with Crippen molar-refractivity contribution in [1.82, 2.24) is 9.97 Å². The van der Waals surface area contributed by atoms with Crippen molar-refractivity contribution in [3.05, 3.63) is 89.3 Å². The molecular weight excluding hydrogens is 445 g/mol. The number of aromatic nitrogens is 2. The van der Waals surface area contributed by atoms with Gasteiger partial charge in [-0.25, -0.2) is 14.2 Å². The molecule has 0 unspecified atom stereocenters. The molecule has 0 bridgehead atoms. The molecule has 166 valence electrons. The van der Waals surface area contributed by atoms with Crippen molar-refractivity contribution in [2.45, 2.75) is 0 Å². The highest BCUT2D eigenvalue weighted by molar-refractivity contribution is 7.18. The highest BCUT2D eigenvalue weighted by atomic mass is 32.1. The molecule has 0 aliphatic carbocycles. The molecule has 0 radical (unpaired) electrons. The molecule has 2 aromatic heterocycles. The zero-order valence-electron chi connectivity index (χ0n) is 17.3. The number of rotatable bonds is 7. The van der Waals surface area contributed by atoms with Gasteiger partial charge in [-0.3, -0.25) is 15.1 Å². The van der Waals surface area contributed by atoms with Crippen molar-refractivity contribution in [2.24, 2.45) is 0 Å². The van der Waals surface area contributed by atoms with E-state index < -0.39 is 11.8 Å². The van der Waals surface area contributed by atoms with Crippen LogP contribution in [-0.2, 0) is 0 Å². The number of thiazole rings is 1. The summed E-state index contributed by atoms with van der Waals surface area (Å²) in [6.45, 7) is 0. The Balaban J connectivity index is 1.59. The summed E-state index contributed by atoms with van der Waals surface area (Å²) in [5, 5.41) is 8.73. The first kappa shape index (κ1) is 21.9. The van der Waals surface area contributed by atoms with Gasteiger partial charge in [0.05, 0.1) is 7.11 Å². The van der Waals surface area contributed by atoms with E-state index in [0.29, 0.717) is 22.1 Å². The average Bonchev–Trinajstić information content (AvgIpc) is 3.22. The number of pyridine rings is 1. The van der Waals surface area contributed by atoms with Crippen LogP contribution in [0.15, 0.2) is 73.1 Å². The number of nitrogens with zero attached hydrogens (tertiary/aromatic N) is 2. The summed E-state index contributed by atoms with van der Waals surface area (Å²) in [6, 6.07) is 15.0. The fourth-order valence-electron chi connectivity index (χ4n) is 2.85. The number of methoxy groups -OCH3 is 1. The van der Waals surface area contributed by atoms with E-state index >= 15 is 0 Å². The van der Waals surface area contributed by atoms with E-state index in [2.05, 4.69) is 25.9 Å². The fraction of sp³-hybridized carbons (Fsp3) is 0.0435. The standard InChI is InChI=1S/C23H18FN5O3S/c1-32-18-8-6-17(7-9-18)27-23-29-21(20(33-23)19(30)14-10-12-25-13-11-14)28-22(31)26-16-4-2-15(24)3-5-16/h2-13H,1H3,(H,27,29)(H2,26,28,31). The maximum absolute atomic E-state index is 13.1. The number of anilines is 4. The van der Waals surface area contributed by atoms with Crippen LogP contribution in [0.2, 0.25) is 0 Å². The van der Waals surface area contributed by atoms with E-state index in [-0.39, 0.29) is 16.5 Å². The Labute approximate surface area is 192 Å². The number of carbonyl (C=O) groups is 2. The van der Waals surface area contributed by atoms with Gasteiger partial charge in [0.15, 0.2) is 10.9 Å². The van der Waals surface area contributed by atoms with Gasteiger partial charge in [-0.1, -0.05) is 11.3 Å². The number of urea groups is 1. The second-order valence-corrected chi connectivity index (χ2v) is 7.70. The van der Waals surface area contributed by atoms with Crippen molar-refractivity contribution < 1.29 is 18.7 Å². The smallest absolute Gasteiger partial charge is 0.324 e. The molecule has 3 N–H and O–H groups in total. The molecule has 0 saturated heterocycles. The van der Waals surface area contributed by atoms with Crippen LogP contribution in [0.5, 0.6) is 5.75 Å². The van der Waals surface area contributed by atoms with Crippen molar-refractivity contribution in [2.75, 3.05) is 23.1 Å². The van der Waals surface area contributed by atoms with Gasteiger partial charge in [0, 0.05) is 29.3 Å². The average molecular weight is 463 g/mol. The Hall–Kier alpha value is -4.31. The van der Waals surface area contributed by atoms with Crippen LogP contribution < -0.4 is 20.7 Å². The van der Waals surface area contributed by atoms with E-state index in [1.165, 1.54) is 36.7 Å². The molecule has 0 fully saturated rings. The third-order valence-corrected chi connectivity index (χ3v) is 5.42. The van der Waals surface area contributed by atoms with Crippen molar-refractivity contribution in [3.8, 4) is 5.75 Å². The van der Waals surface area contributed by atoms with Crippen LogP contribution in [0.25, 0.3) is 0 Å². The Morgan fingerprint density at radius 2 is 1.58 bits per heavy atom. The number of halogens is 1. The number of nitrogens with one attached hydrogen (secondary N) is 3. The zero-order chi connectivity index (χ0) is 23.2. The molecule has 0 spiro atoms. The Morgan fingerprint density at radius 3 is 2.24 bits per heavy atom. The monoisotopic (exact) mass is 463 g/mol. The number of amides is 2. The summed E-state index contributed by atoms with van der Waals surface area (Å²) in [6.07, 6.45) is 3.03. The summed E-state index contributed by atoms with van der Waals surface area (Å²) in [4.78, 5) is 34.2. The first-order chi connectivity index (χ1) is 16.0. The molecule has 2 heterocycles. The highest BCUT2D eigenvalue weighted by Crippen LogP contribution is 2.32.